The third kappa shape index (κ3) is 3.52. The highest BCUT2D eigenvalue weighted by Gasteiger charge is 2.15. The number of rotatable bonds is 5. The van der Waals surface area contributed by atoms with Crippen molar-refractivity contribution in [3.05, 3.63) is 44.4 Å². The number of hydrogen-bond donors (Lipinski definition) is 3. The molecule has 0 radical (unpaired) electrons. The van der Waals surface area contributed by atoms with E-state index in [9.17, 15) is 20.0 Å². The van der Waals surface area contributed by atoms with Gasteiger partial charge >= 0.3 is 0 Å². The number of nitro benzene ring substituents is 1. The molecule has 1 heterocycles. The third-order valence-electron chi connectivity index (χ3n) is 2.58. The second kappa shape index (κ2) is 6.29. The van der Waals surface area contributed by atoms with Crippen molar-refractivity contribution in [2.45, 2.75) is 6.42 Å². The van der Waals surface area contributed by atoms with E-state index < -0.39 is 10.8 Å². The topological polar surface area (TPSA) is 131 Å². The fourth-order valence-electron chi connectivity index (χ4n) is 1.58. The highest BCUT2D eigenvalue weighted by atomic mass is 32.1. The summed E-state index contributed by atoms with van der Waals surface area (Å²) in [5.74, 6) is -0.881. The van der Waals surface area contributed by atoms with E-state index >= 15 is 0 Å². The number of non-ortho nitro benzene ring substituents is 1. The van der Waals surface area contributed by atoms with Gasteiger partial charge in [-0.25, -0.2) is 4.98 Å². The van der Waals surface area contributed by atoms with Gasteiger partial charge in [0.1, 0.15) is 11.4 Å². The molecule has 1 amide bonds. The van der Waals surface area contributed by atoms with Crippen molar-refractivity contribution in [2.24, 2.45) is 5.73 Å². The van der Waals surface area contributed by atoms with Gasteiger partial charge in [-0.2, -0.15) is 0 Å². The number of aromatic hydroxyl groups is 1. The molecule has 0 aliphatic carbocycles. The average Bonchev–Trinajstić information content (AvgIpc) is 2.90. The Hall–Kier alpha value is -2.52. The largest absolute Gasteiger partial charge is 0.506 e. The zero-order chi connectivity index (χ0) is 15.4. The van der Waals surface area contributed by atoms with Crippen LogP contribution in [-0.2, 0) is 6.42 Å². The van der Waals surface area contributed by atoms with Crippen LogP contribution in [0.4, 0.5) is 11.4 Å². The molecule has 2 aromatic rings. The van der Waals surface area contributed by atoms with Gasteiger partial charge < -0.3 is 16.2 Å². The van der Waals surface area contributed by atoms with Gasteiger partial charge in [0.05, 0.1) is 21.7 Å². The molecule has 0 aliphatic heterocycles. The molecule has 8 nitrogen and oxygen atoms in total. The molecule has 0 fully saturated rings. The Bertz CT molecular complexity index is 686. The molecule has 0 saturated heterocycles. The van der Waals surface area contributed by atoms with E-state index in [1.54, 1.807) is 5.38 Å². The number of phenols is 1. The fraction of sp³-hybridized carbons (Fsp3) is 0.167. The molecule has 1 aromatic heterocycles. The minimum absolute atomic E-state index is 0.0824. The van der Waals surface area contributed by atoms with Gasteiger partial charge in [-0.1, -0.05) is 0 Å². The maximum atomic E-state index is 12.0. The highest BCUT2D eigenvalue weighted by Crippen LogP contribution is 2.28. The molecule has 1 aromatic carbocycles. The van der Waals surface area contributed by atoms with E-state index in [-0.39, 0.29) is 22.8 Å². The SMILES string of the molecule is NCCc1nc(C(=O)Nc2ccc([N+](=O)[O-])cc2O)cs1. The standard InChI is InChI=1S/C12H12N4O4S/c13-4-3-11-14-9(6-21-11)12(18)15-8-2-1-7(16(19)20)5-10(8)17/h1-2,5-6,17H,3-4,13H2,(H,15,18). The molecule has 0 atom stereocenters. The summed E-state index contributed by atoms with van der Waals surface area (Å²) in [5, 5.41) is 25.0. The lowest BCUT2D eigenvalue weighted by Gasteiger charge is -2.05. The van der Waals surface area contributed by atoms with Crippen LogP contribution in [0.1, 0.15) is 15.5 Å². The summed E-state index contributed by atoms with van der Waals surface area (Å²) in [4.78, 5) is 26.0. The first kappa shape index (κ1) is 14.9. The highest BCUT2D eigenvalue weighted by molar-refractivity contribution is 7.09. The van der Waals surface area contributed by atoms with E-state index in [1.165, 1.54) is 23.5 Å². The number of benzene rings is 1. The first-order chi connectivity index (χ1) is 10.0. The smallest absolute Gasteiger partial charge is 0.275 e. The Labute approximate surface area is 123 Å². The van der Waals surface area contributed by atoms with E-state index in [0.717, 1.165) is 11.1 Å². The third-order valence-corrected chi connectivity index (χ3v) is 3.49. The predicted molar refractivity (Wildman–Crippen MR) is 77.6 cm³/mol. The number of nitrogens with one attached hydrogen (secondary N) is 1. The zero-order valence-corrected chi connectivity index (χ0v) is 11.6. The number of nitro groups is 1. The number of nitrogens with zero attached hydrogens (tertiary/aromatic N) is 2. The van der Waals surface area contributed by atoms with Crippen LogP contribution < -0.4 is 11.1 Å². The number of amides is 1. The number of thiazole rings is 1. The molecular formula is C12H12N4O4S. The van der Waals surface area contributed by atoms with Gasteiger partial charge in [0, 0.05) is 17.9 Å². The molecule has 4 N–H and O–H groups in total. The van der Waals surface area contributed by atoms with Crippen molar-refractivity contribution < 1.29 is 14.8 Å². The number of carbonyl (C=O) groups excluding carboxylic acids is 1. The molecule has 0 bridgehead atoms. The van der Waals surface area contributed by atoms with Crippen molar-refractivity contribution in [1.29, 1.82) is 0 Å². The van der Waals surface area contributed by atoms with Gasteiger partial charge in [0.15, 0.2) is 0 Å². The Morgan fingerprint density at radius 2 is 2.29 bits per heavy atom. The Morgan fingerprint density at radius 1 is 1.52 bits per heavy atom. The summed E-state index contributed by atoms with van der Waals surface area (Å²) in [6, 6.07) is 3.42. The van der Waals surface area contributed by atoms with E-state index in [0.29, 0.717) is 13.0 Å². The minimum Gasteiger partial charge on any atom is -0.506 e. The van der Waals surface area contributed by atoms with Crippen LogP contribution in [0.3, 0.4) is 0 Å². The Morgan fingerprint density at radius 3 is 2.90 bits per heavy atom. The molecule has 0 unspecified atom stereocenters. The van der Waals surface area contributed by atoms with Crippen LogP contribution in [0.15, 0.2) is 23.6 Å². The van der Waals surface area contributed by atoms with E-state index in [2.05, 4.69) is 10.3 Å². The number of anilines is 1. The maximum Gasteiger partial charge on any atom is 0.275 e. The lowest BCUT2D eigenvalue weighted by atomic mass is 10.2. The Balaban J connectivity index is 2.13. The summed E-state index contributed by atoms with van der Waals surface area (Å²) in [6.45, 7) is 0.442. The summed E-state index contributed by atoms with van der Waals surface area (Å²) in [5.41, 5.74) is 5.44. The van der Waals surface area contributed by atoms with Crippen molar-refractivity contribution >= 4 is 28.6 Å². The predicted octanol–water partition coefficient (Wildman–Crippen LogP) is 1.51. The van der Waals surface area contributed by atoms with E-state index in [1.807, 2.05) is 0 Å². The second-order valence-corrected chi connectivity index (χ2v) is 5.02. The normalized spacial score (nSPS) is 10.3. The van der Waals surface area contributed by atoms with Gasteiger partial charge in [0.2, 0.25) is 0 Å². The van der Waals surface area contributed by atoms with Crippen LogP contribution in [0, 0.1) is 10.1 Å². The lowest BCUT2D eigenvalue weighted by molar-refractivity contribution is -0.384. The first-order valence-electron chi connectivity index (χ1n) is 5.94. The number of nitrogens with two attached hydrogens (primary N) is 1. The molecule has 9 heteroatoms. The zero-order valence-electron chi connectivity index (χ0n) is 10.8. The van der Waals surface area contributed by atoms with Crippen molar-refractivity contribution in [3.63, 3.8) is 0 Å². The summed E-state index contributed by atoms with van der Waals surface area (Å²) >= 11 is 1.32. The maximum absolute atomic E-state index is 12.0. The quantitative estimate of drug-likeness (QED) is 0.436. The van der Waals surface area contributed by atoms with Crippen LogP contribution in [-0.4, -0.2) is 27.5 Å². The lowest BCUT2D eigenvalue weighted by Crippen LogP contribution is -2.13. The molecule has 2 rings (SSSR count). The summed E-state index contributed by atoms with van der Waals surface area (Å²) in [7, 11) is 0. The number of hydrogen-bond acceptors (Lipinski definition) is 7. The van der Waals surface area contributed by atoms with Crippen LogP contribution in [0.25, 0.3) is 0 Å². The first-order valence-corrected chi connectivity index (χ1v) is 6.82. The van der Waals surface area contributed by atoms with Crippen molar-refractivity contribution in [3.8, 4) is 5.75 Å². The Kier molecular flexibility index (Phi) is 4.45. The van der Waals surface area contributed by atoms with Crippen molar-refractivity contribution in [2.75, 3.05) is 11.9 Å². The van der Waals surface area contributed by atoms with E-state index in [4.69, 9.17) is 5.73 Å². The molecule has 0 saturated carbocycles. The molecule has 0 spiro atoms. The van der Waals surface area contributed by atoms with Crippen molar-refractivity contribution in [1.82, 2.24) is 4.98 Å². The number of carbonyl (C=O) groups is 1. The van der Waals surface area contributed by atoms with Gasteiger partial charge in [0.25, 0.3) is 11.6 Å². The van der Waals surface area contributed by atoms with Gasteiger partial charge in [-0.3, -0.25) is 14.9 Å². The van der Waals surface area contributed by atoms with Crippen LogP contribution in [0.2, 0.25) is 0 Å². The van der Waals surface area contributed by atoms with Gasteiger partial charge in [-0.15, -0.1) is 11.3 Å². The number of phenolic OH excluding ortho intramolecular Hbond substituents is 1. The molecule has 110 valence electrons. The number of aromatic nitrogens is 1. The van der Waals surface area contributed by atoms with Gasteiger partial charge in [-0.05, 0) is 12.6 Å². The fourth-order valence-corrected chi connectivity index (χ4v) is 2.37. The monoisotopic (exact) mass is 308 g/mol. The molecule has 21 heavy (non-hydrogen) atoms. The second-order valence-electron chi connectivity index (χ2n) is 4.08. The summed E-state index contributed by atoms with van der Waals surface area (Å²) in [6.07, 6.45) is 0.584. The van der Waals surface area contributed by atoms with Crippen LogP contribution in [0.5, 0.6) is 5.75 Å². The average molecular weight is 308 g/mol. The van der Waals surface area contributed by atoms with Crippen LogP contribution >= 0.6 is 11.3 Å². The molecule has 0 aliphatic rings. The minimum atomic E-state index is -0.634. The molecular weight excluding hydrogens is 296 g/mol. The summed E-state index contributed by atoms with van der Waals surface area (Å²) < 4.78 is 0.